The number of nitrogens with one attached hydrogen (secondary N) is 1. The Morgan fingerprint density at radius 3 is 2.53 bits per heavy atom. The van der Waals surface area contributed by atoms with Crippen LogP contribution in [0.5, 0.6) is 11.5 Å². The van der Waals surface area contributed by atoms with Crippen LogP contribution in [0.2, 0.25) is 0 Å². The molecule has 1 N–H and O–H groups in total. The summed E-state index contributed by atoms with van der Waals surface area (Å²) in [5.41, 5.74) is 1.29. The summed E-state index contributed by atoms with van der Waals surface area (Å²) >= 11 is 0. The molecule has 1 saturated heterocycles. The Kier molecular flexibility index (Phi) is 7.33. The van der Waals surface area contributed by atoms with Gasteiger partial charge in [-0.05, 0) is 49.1 Å². The number of likely N-dealkylation sites (tertiary alicyclic amines) is 1. The number of hydrogen-bond acceptors (Lipinski definition) is 4. The van der Waals surface area contributed by atoms with Gasteiger partial charge in [-0.1, -0.05) is 32.0 Å². The second-order valence-electron chi connectivity index (χ2n) is 7.99. The first-order chi connectivity index (χ1) is 14.5. The number of methoxy groups -OCH3 is 1. The van der Waals surface area contributed by atoms with Crippen LogP contribution in [0.4, 0.5) is 5.69 Å². The van der Waals surface area contributed by atoms with Crippen molar-refractivity contribution < 1.29 is 19.1 Å². The van der Waals surface area contributed by atoms with Crippen LogP contribution >= 0.6 is 0 Å². The van der Waals surface area contributed by atoms with E-state index in [0.29, 0.717) is 61.2 Å². The van der Waals surface area contributed by atoms with Crippen LogP contribution in [-0.4, -0.2) is 43.5 Å². The van der Waals surface area contributed by atoms with E-state index in [1.165, 1.54) is 0 Å². The average Bonchev–Trinajstić information content (AvgIpc) is 2.78. The Labute approximate surface area is 178 Å². The molecule has 1 aliphatic rings. The van der Waals surface area contributed by atoms with Gasteiger partial charge in [0.2, 0.25) is 5.91 Å². The summed E-state index contributed by atoms with van der Waals surface area (Å²) in [7, 11) is 1.58. The number of hydrogen-bond donors (Lipinski definition) is 1. The van der Waals surface area contributed by atoms with Gasteiger partial charge in [-0.2, -0.15) is 0 Å². The third-order valence-electron chi connectivity index (χ3n) is 5.18. The van der Waals surface area contributed by atoms with Crippen molar-refractivity contribution >= 4 is 17.5 Å². The molecule has 2 amide bonds. The largest absolute Gasteiger partial charge is 0.495 e. The smallest absolute Gasteiger partial charge is 0.253 e. The molecule has 3 rings (SSSR count). The predicted molar refractivity (Wildman–Crippen MR) is 117 cm³/mol. The van der Waals surface area contributed by atoms with E-state index in [9.17, 15) is 9.59 Å². The molecule has 0 bridgehead atoms. The van der Waals surface area contributed by atoms with Gasteiger partial charge in [-0.15, -0.1) is 0 Å². The summed E-state index contributed by atoms with van der Waals surface area (Å²) in [5.74, 6) is 1.59. The summed E-state index contributed by atoms with van der Waals surface area (Å²) in [6.07, 6.45) is 1.27. The van der Waals surface area contributed by atoms with Gasteiger partial charge < -0.3 is 19.7 Å². The number of amides is 2. The molecule has 0 unspecified atom stereocenters. The molecule has 0 spiro atoms. The maximum Gasteiger partial charge on any atom is 0.253 e. The number of ether oxygens (including phenoxy) is 2. The maximum atomic E-state index is 12.9. The lowest BCUT2D eigenvalue weighted by molar-refractivity contribution is -0.121. The quantitative estimate of drug-likeness (QED) is 0.742. The third kappa shape index (κ3) is 5.53. The second kappa shape index (κ2) is 10.1. The highest BCUT2D eigenvalue weighted by Crippen LogP contribution is 2.26. The Hall–Kier alpha value is -3.02. The van der Waals surface area contributed by atoms with Crippen LogP contribution in [0.25, 0.3) is 0 Å². The number of carbonyl (C=O) groups excluding carboxylic acids is 2. The van der Waals surface area contributed by atoms with Crippen molar-refractivity contribution in [2.45, 2.75) is 26.7 Å². The number of anilines is 1. The molecule has 2 aromatic rings. The first-order valence-electron chi connectivity index (χ1n) is 10.4. The topological polar surface area (TPSA) is 67.9 Å². The molecule has 2 aromatic carbocycles. The Morgan fingerprint density at radius 1 is 1.10 bits per heavy atom. The zero-order valence-electron chi connectivity index (χ0n) is 17.9. The van der Waals surface area contributed by atoms with Crippen LogP contribution < -0.4 is 14.8 Å². The van der Waals surface area contributed by atoms with E-state index in [0.717, 1.165) is 0 Å². The van der Waals surface area contributed by atoms with E-state index in [2.05, 4.69) is 19.2 Å². The highest BCUT2D eigenvalue weighted by Gasteiger charge is 2.28. The van der Waals surface area contributed by atoms with Gasteiger partial charge in [0.25, 0.3) is 5.91 Å². The minimum Gasteiger partial charge on any atom is -0.495 e. The highest BCUT2D eigenvalue weighted by atomic mass is 16.5. The summed E-state index contributed by atoms with van der Waals surface area (Å²) in [4.78, 5) is 27.4. The summed E-state index contributed by atoms with van der Waals surface area (Å²) < 4.78 is 11.0. The Bertz CT molecular complexity index is 873. The van der Waals surface area contributed by atoms with Gasteiger partial charge in [-0.25, -0.2) is 0 Å². The minimum absolute atomic E-state index is 0.0198. The monoisotopic (exact) mass is 410 g/mol. The summed E-state index contributed by atoms with van der Waals surface area (Å²) in [6, 6.07) is 14.7. The fraction of sp³-hybridized carbons (Fsp3) is 0.417. The molecule has 0 radical (unpaired) electrons. The molecular weight excluding hydrogens is 380 g/mol. The summed E-state index contributed by atoms with van der Waals surface area (Å²) in [5, 5.41) is 2.95. The van der Waals surface area contributed by atoms with Gasteiger partial charge >= 0.3 is 0 Å². The lowest BCUT2D eigenvalue weighted by Crippen LogP contribution is -2.41. The van der Waals surface area contributed by atoms with Crippen LogP contribution in [0.15, 0.2) is 48.5 Å². The SMILES string of the molecule is COc1ccccc1NC(=O)C1CCN(C(=O)c2cccc(OCC(C)C)c2)CC1. The molecule has 1 aliphatic heterocycles. The number of piperidine rings is 1. The molecular formula is C24H30N2O4. The maximum absolute atomic E-state index is 12.9. The zero-order chi connectivity index (χ0) is 21.5. The van der Waals surface area contributed by atoms with Gasteiger partial charge in [0.05, 0.1) is 19.4 Å². The first-order valence-corrected chi connectivity index (χ1v) is 10.4. The van der Waals surface area contributed by atoms with Crippen molar-refractivity contribution in [3.8, 4) is 11.5 Å². The average molecular weight is 411 g/mol. The molecule has 1 heterocycles. The molecule has 6 nitrogen and oxygen atoms in total. The van der Waals surface area contributed by atoms with Crippen LogP contribution in [0.3, 0.4) is 0 Å². The van der Waals surface area contributed by atoms with Gasteiger partial charge in [0, 0.05) is 24.6 Å². The molecule has 1 fully saturated rings. The van der Waals surface area contributed by atoms with Crippen molar-refractivity contribution in [2.75, 3.05) is 32.1 Å². The van der Waals surface area contributed by atoms with E-state index in [1.54, 1.807) is 13.2 Å². The molecule has 0 saturated carbocycles. The highest BCUT2D eigenvalue weighted by molar-refractivity contribution is 5.96. The second-order valence-corrected chi connectivity index (χ2v) is 7.99. The normalized spacial score (nSPS) is 14.5. The van der Waals surface area contributed by atoms with Gasteiger partial charge in [-0.3, -0.25) is 9.59 Å². The van der Waals surface area contributed by atoms with E-state index in [1.807, 2.05) is 47.4 Å². The lowest BCUT2D eigenvalue weighted by atomic mass is 9.95. The first kappa shape index (κ1) is 21.7. The van der Waals surface area contributed by atoms with E-state index < -0.39 is 0 Å². The van der Waals surface area contributed by atoms with Crippen molar-refractivity contribution in [2.24, 2.45) is 11.8 Å². The number of benzene rings is 2. The Morgan fingerprint density at radius 2 is 1.83 bits per heavy atom. The lowest BCUT2D eigenvalue weighted by Gasteiger charge is -2.31. The molecule has 160 valence electrons. The van der Waals surface area contributed by atoms with Crippen molar-refractivity contribution in [3.05, 3.63) is 54.1 Å². The van der Waals surface area contributed by atoms with Crippen LogP contribution in [0.1, 0.15) is 37.0 Å². The molecule has 6 heteroatoms. The van der Waals surface area contributed by atoms with E-state index >= 15 is 0 Å². The fourth-order valence-corrected chi connectivity index (χ4v) is 3.49. The molecule has 0 aliphatic carbocycles. The van der Waals surface area contributed by atoms with E-state index in [4.69, 9.17) is 9.47 Å². The molecule has 0 atom stereocenters. The Balaban J connectivity index is 1.55. The minimum atomic E-state index is -0.125. The number of para-hydroxylation sites is 2. The number of rotatable bonds is 7. The van der Waals surface area contributed by atoms with Gasteiger partial charge in [0.15, 0.2) is 0 Å². The zero-order valence-corrected chi connectivity index (χ0v) is 17.9. The van der Waals surface area contributed by atoms with Crippen molar-refractivity contribution in [1.29, 1.82) is 0 Å². The van der Waals surface area contributed by atoms with Crippen LogP contribution in [-0.2, 0) is 4.79 Å². The third-order valence-corrected chi connectivity index (χ3v) is 5.18. The van der Waals surface area contributed by atoms with Gasteiger partial charge in [0.1, 0.15) is 11.5 Å². The fourth-order valence-electron chi connectivity index (χ4n) is 3.49. The molecule has 0 aromatic heterocycles. The van der Waals surface area contributed by atoms with Crippen LogP contribution in [0, 0.1) is 11.8 Å². The molecule has 30 heavy (non-hydrogen) atoms. The van der Waals surface area contributed by atoms with E-state index in [-0.39, 0.29) is 17.7 Å². The number of carbonyl (C=O) groups is 2. The van der Waals surface area contributed by atoms with Crippen molar-refractivity contribution in [1.82, 2.24) is 4.90 Å². The standard InChI is InChI=1S/C24H30N2O4/c1-17(2)16-30-20-8-6-7-19(15-20)24(28)26-13-11-18(12-14-26)23(27)25-21-9-4-5-10-22(21)29-3/h4-10,15,17-18H,11-14,16H2,1-3H3,(H,25,27). The summed E-state index contributed by atoms with van der Waals surface area (Å²) in [6.45, 7) is 5.90. The predicted octanol–water partition coefficient (Wildman–Crippen LogP) is 4.22. The number of nitrogens with zero attached hydrogens (tertiary/aromatic N) is 1. The van der Waals surface area contributed by atoms with Crippen molar-refractivity contribution in [3.63, 3.8) is 0 Å².